The van der Waals surface area contributed by atoms with E-state index in [1.165, 1.54) is 4.90 Å². The maximum absolute atomic E-state index is 12.6. The lowest BCUT2D eigenvalue weighted by Gasteiger charge is -2.39. The Morgan fingerprint density at radius 3 is 2.72 bits per heavy atom. The molecule has 0 radical (unpaired) electrons. The number of aliphatic imine (C=N–C) groups is 1. The molecule has 3 nitrogen and oxygen atoms in total. The van der Waals surface area contributed by atoms with Gasteiger partial charge in [0.15, 0.2) is 5.70 Å². The standard InChI is InChI=1S/C11H15ClF3N3/c1-10(16)4-2-3-8(10)18-6-7(11(13,14)15)17-5-9(18)12/h5-6,8-9H,2-4,16H2,1H3. The van der Waals surface area contributed by atoms with Gasteiger partial charge in [0.1, 0.15) is 5.50 Å². The van der Waals surface area contributed by atoms with Crippen molar-refractivity contribution in [2.24, 2.45) is 10.7 Å². The lowest BCUT2D eigenvalue weighted by Crippen LogP contribution is -2.54. The van der Waals surface area contributed by atoms with Crippen molar-refractivity contribution in [2.45, 2.75) is 49.4 Å². The molecule has 3 unspecified atom stereocenters. The van der Waals surface area contributed by atoms with Crippen LogP contribution in [0.3, 0.4) is 0 Å². The van der Waals surface area contributed by atoms with E-state index in [4.69, 9.17) is 17.3 Å². The Morgan fingerprint density at radius 1 is 1.56 bits per heavy atom. The summed E-state index contributed by atoms with van der Waals surface area (Å²) < 4.78 is 37.9. The molecule has 3 atom stereocenters. The van der Waals surface area contributed by atoms with Crippen LogP contribution in [0.15, 0.2) is 16.9 Å². The molecule has 0 saturated heterocycles. The Labute approximate surface area is 108 Å². The number of alkyl halides is 4. The van der Waals surface area contributed by atoms with Crippen LogP contribution >= 0.6 is 11.6 Å². The molecule has 0 aromatic carbocycles. The van der Waals surface area contributed by atoms with Gasteiger partial charge in [-0.05, 0) is 26.2 Å². The zero-order valence-corrected chi connectivity index (χ0v) is 10.7. The van der Waals surface area contributed by atoms with Crippen molar-refractivity contribution in [2.75, 3.05) is 0 Å². The van der Waals surface area contributed by atoms with Crippen molar-refractivity contribution in [3.63, 3.8) is 0 Å². The zero-order valence-electron chi connectivity index (χ0n) is 9.91. The van der Waals surface area contributed by atoms with Crippen molar-refractivity contribution in [1.29, 1.82) is 0 Å². The molecule has 0 aromatic heterocycles. The van der Waals surface area contributed by atoms with Crippen LogP contribution < -0.4 is 5.73 Å². The molecule has 1 aliphatic carbocycles. The summed E-state index contributed by atoms with van der Waals surface area (Å²) in [7, 11) is 0. The lowest BCUT2D eigenvalue weighted by atomic mass is 9.96. The summed E-state index contributed by atoms with van der Waals surface area (Å²) >= 11 is 6.01. The average molecular weight is 282 g/mol. The molecule has 2 rings (SSSR count). The molecular weight excluding hydrogens is 267 g/mol. The van der Waals surface area contributed by atoms with E-state index in [0.29, 0.717) is 0 Å². The second kappa shape index (κ2) is 4.42. The summed E-state index contributed by atoms with van der Waals surface area (Å²) in [5, 5.41) is 0. The Bertz CT molecular complexity index is 389. The summed E-state index contributed by atoms with van der Waals surface area (Å²) in [6.07, 6.45) is 0.0485. The van der Waals surface area contributed by atoms with Gasteiger partial charge >= 0.3 is 6.18 Å². The van der Waals surface area contributed by atoms with Crippen LogP contribution in [0.1, 0.15) is 26.2 Å². The monoisotopic (exact) mass is 281 g/mol. The van der Waals surface area contributed by atoms with Crippen molar-refractivity contribution >= 4 is 17.8 Å². The van der Waals surface area contributed by atoms with Crippen LogP contribution in [0.4, 0.5) is 13.2 Å². The number of hydrogen-bond acceptors (Lipinski definition) is 3. The van der Waals surface area contributed by atoms with E-state index in [2.05, 4.69) is 4.99 Å². The van der Waals surface area contributed by atoms with Crippen molar-refractivity contribution in [1.82, 2.24) is 4.90 Å². The molecule has 0 aromatic rings. The third kappa shape index (κ3) is 2.49. The number of nitrogens with two attached hydrogens (primary N) is 1. The molecule has 2 aliphatic rings. The highest BCUT2D eigenvalue weighted by Crippen LogP contribution is 2.37. The van der Waals surface area contributed by atoms with Gasteiger partial charge in [-0.1, -0.05) is 11.6 Å². The Hall–Kier alpha value is -0.750. The third-order valence-electron chi connectivity index (χ3n) is 3.50. The first-order valence-corrected chi connectivity index (χ1v) is 6.19. The van der Waals surface area contributed by atoms with Gasteiger partial charge in [0.2, 0.25) is 0 Å². The molecular formula is C11H15ClF3N3. The minimum absolute atomic E-state index is 0.191. The van der Waals surface area contributed by atoms with Crippen LogP contribution in [0.25, 0.3) is 0 Å². The summed E-state index contributed by atoms with van der Waals surface area (Å²) in [6, 6.07) is -0.191. The van der Waals surface area contributed by atoms with Crippen LogP contribution in [0, 0.1) is 0 Å². The molecule has 2 N–H and O–H groups in total. The van der Waals surface area contributed by atoms with Gasteiger partial charge in [0, 0.05) is 24.0 Å². The molecule has 7 heteroatoms. The SMILES string of the molecule is CC1(N)CCCC1N1C=C(C(F)(F)F)N=CC1Cl. The molecule has 1 heterocycles. The molecule has 1 aliphatic heterocycles. The number of halogens is 4. The average Bonchev–Trinajstić information content (AvgIpc) is 2.57. The molecule has 1 fully saturated rings. The quantitative estimate of drug-likeness (QED) is 0.593. The summed E-state index contributed by atoms with van der Waals surface area (Å²) in [6.45, 7) is 1.85. The minimum Gasteiger partial charge on any atom is -0.350 e. The molecule has 18 heavy (non-hydrogen) atoms. The van der Waals surface area contributed by atoms with Gasteiger partial charge < -0.3 is 10.6 Å². The van der Waals surface area contributed by atoms with Crippen molar-refractivity contribution < 1.29 is 13.2 Å². The molecule has 0 amide bonds. The largest absolute Gasteiger partial charge is 0.434 e. The number of rotatable bonds is 1. The van der Waals surface area contributed by atoms with Gasteiger partial charge in [0.05, 0.1) is 0 Å². The van der Waals surface area contributed by atoms with Gasteiger partial charge in [-0.3, -0.25) is 4.99 Å². The summed E-state index contributed by atoms with van der Waals surface area (Å²) in [5.74, 6) is 0. The fourth-order valence-electron chi connectivity index (χ4n) is 2.54. The lowest BCUT2D eigenvalue weighted by molar-refractivity contribution is -0.0941. The smallest absolute Gasteiger partial charge is 0.350 e. The maximum atomic E-state index is 12.6. The zero-order chi connectivity index (χ0) is 13.6. The van der Waals surface area contributed by atoms with E-state index in [-0.39, 0.29) is 6.04 Å². The van der Waals surface area contributed by atoms with Gasteiger partial charge in [0.25, 0.3) is 0 Å². The number of allylic oxidation sites excluding steroid dienone is 1. The second-order valence-corrected chi connectivity index (χ2v) is 5.47. The predicted molar refractivity (Wildman–Crippen MR) is 64.3 cm³/mol. The fourth-order valence-corrected chi connectivity index (χ4v) is 2.78. The van der Waals surface area contributed by atoms with E-state index in [1.54, 1.807) is 0 Å². The number of hydrogen-bond donors (Lipinski definition) is 1. The number of nitrogens with zero attached hydrogens (tertiary/aromatic N) is 2. The Balaban J connectivity index is 2.27. The minimum atomic E-state index is -4.46. The predicted octanol–water partition coefficient (Wildman–Crippen LogP) is 2.61. The third-order valence-corrected chi connectivity index (χ3v) is 3.84. The van der Waals surface area contributed by atoms with Crippen LogP contribution in [0.5, 0.6) is 0 Å². The van der Waals surface area contributed by atoms with E-state index in [0.717, 1.165) is 31.7 Å². The van der Waals surface area contributed by atoms with Crippen LogP contribution in [0.2, 0.25) is 0 Å². The van der Waals surface area contributed by atoms with Crippen LogP contribution in [-0.4, -0.2) is 34.4 Å². The first-order chi connectivity index (χ1) is 8.22. The van der Waals surface area contributed by atoms with Crippen molar-refractivity contribution in [3.05, 3.63) is 11.9 Å². The van der Waals surface area contributed by atoms with Gasteiger partial charge in [-0.25, -0.2) is 0 Å². The normalized spacial score (nSPS) is 37.0. The molecule has 102 valence electrons. The fraction of sp³-hybridized carbons (Fsp3) is 0.727. The van der Waals surface area contributed by atoms with E-state index in [9.17, 15) is 13.2 Å². The first kappa shape index (κ1) is 13.7. The second-order valence-electron chi connectivity index (χ2n) is 5.02. The van der Waals surface area contributed by atoms with E-state index in [1.807, 2.05) is 6.92 Å². The van der Waals surface area contributed by atoms with E-state index >= 15 is 0 Å². The highest BCUT2D eigenvalue weighted by atomic mass is 35.5. The van der Waals surface area contributed by atoms with Crippen molar-refractivity contribution in [3.8, 4) is 0 Å². The summed E-state index contributed by atoms with van der Waals surface area (Å²) in [4.78, 5) is 4.82. The molecule has 0 bridgehead atoms. The Morgan fingerprint density at radius 2 is 2.22 bits per heavy atom. The Kier molecular flexibility index (Phi) is 3.36. The summed E-state index contributed by atoms with van der Waals surface area (Å²) in [5.41, 5.74) is 3.98. The molecule has 1 saturated carbocycles. The van der Waals surface area contributed by atoms with Gasteiger partial charge in [-0.15, -0.1) is 0 Å². The highest BCUT2D eigenvalue weighted by molar-refractivity contribution is 6.28. The highest BCUT2D eigenvalue weighted by Gasteiger charge is 2.43. The van der Waals surface area contributed by atoms with Crippen LogP contribution in [-0.2, 0) is 0 Å². The topological polar surface area (TPSA) is 41.6 Å². The first-order valence-electron chi connectivity index (χ1n) is 5.75. The maximum Gasteiger partial charge on any atom is 0.434 e. The van der Waals surface area contributed by atoms with E-state index < -0.39 is 22.9 Å². The molecule has 0 spiro atoms. The van der Waals surface area contributed by atoms with Gasteiger partial charge in [-0.2, -0.15) is 13.2 Å².